The number of nitrogens with two attached hydrogens (primary N) is 2. The number of guanidine groups is 1. The average Bonchev–Trinajstić information content (AvgIpc) is 3.56. The Balaban J connectivity index is 0.000000163. The minimum Gasteiger partial charge on any atom is -0.394 e. The number of anilines is 1. The minimum atomic E-state index is -4.16. The van der Waals surface area contributed by atoms with Crippen LogP contribution in [0.4, 0.5) is 5.82 Å². The van der Waals surface area contributed by atoms with Crippen LogP contribution in [0.3, 0.4) is 0 Å². The molecule has 14 nitrogen and oxygen atoms in total. The Morgan fingerprint density at radius 1 is 1.08 bits per heavy atom. The summed E-state index contributed by atoms with van der Waals surface area (Å²) in [5.74, 6) is 0.896. The van der Waals surface area contributed by atoms with Crippen molar-refractivity contribution in [2.75, 3.05) is 12.3 Å². The summed E-state index contributed by atoms with van der Waals surface area (Å²) < 4.78 is 28.8. The first kappa shape index (κ1) is 27.2. The van der Waals surface area contributed by atoms with E-state index in [1.165, 1.54) is 81.4 Å². The van der Waals surface area contributed by atoms with Crippen LogP contribution < -0.4 is 16.8 Å². The molecule has 5 atom stereocenters. The zero-order valence-electron chi connectivity index (χ0n) is 21.3. The van der Waals surface area contributed by atoms with Crippen LogP contribution in [0.5, 0.6) is 0 Å². The fourth-order valence-corrected chi connectivity index (χ4v) is 6.75. The van der Waals surface area contributed by atoms with Crippen LogP contribution in [0.25, 0.3) is 11.2 Å². The molecule has 15 heteroatoms. The first-order chi connectivity index (χ1) is 18.3. The monoisotopic (exact) mass is 552 g/mol. The highest BCUT2D eigenvalue weighted by Gasteiger charge is 2.57. The molecule has 1 unspecified atom stereocenters. The molecular weight excluding hydrogens is 515 g/mol. The Hall–Kier alpha value is -2.35. The van der Waals surface area contributed by atoms with E-state index in [0.29, 0.717) is 29.2 Å². The van der Waals surface area contributed by atoms with Gasteiger partial charge in [0.25, 0.3) is 0 Å². The Morgan fingerprint density at radius 3 is 2.47 bits per heavy atom. The van der Waals surface area contributed by atoms with Gasteiger partial charge in [-0.3, -0.25) is 18.6 Å². The lowest BCUT2D eigenvalue weighted by molar-refractivity contribution is -0.0589. The maximum absolute atomic E-state index is 11.6. The van der Waals surface area contributed by atoms with Crippen LogP contribution in [-0.4, -0.2) is 72.5 Å². The highest BCUT2D eigenvalue weighted by Crippen LogP contribution is 2.58. The quantitative estimate of drug-likeness (QED) is 0.209. The Kier molecular flexibility index (Phi) is 8.46. The lowest BCUT2D eigenvalue weighted by Gasteiger charge is -2.24. The van der Waals surface area contributed by atoms with Crippen LogP contribution in [0.1, 0.15) is 70.4 Å². The topological polar surface area (TPSA) is 205 Å². The molecule has 210 valence electrons. The molecule has 38 heavy (non-hydrogen) atoms. The van der Waals surface area contributed by atoms with Crippen molar-refractivity contribution in [1.82, 2.24) is 24.8 Å². The third kappa shape index (κ3) is 6.11. The van der Waals surface area contributed by atoms with Crippen molar-refractivity contribution in [3.05, 3.63) is 12.7 Å². The molecule has 6 rings (SSSR count). The van der Waals surface area contributed by atoms with Crippen molar-refractivity contribution in [2.24, 2.45) is 10.7 Å². The van der Waals surface area contributed by atoms with Crippen LogP contribution in [0.15, 0.2) is 17.6 Å². The zero-order chi connectivity index (χ0) is 26.7. The van der Waals surface area contributed by atoms with Gasteiger partial charge in [0.05, 0.1) is 19.0 Å². The lowest BCUT2D eigenvalue weighted by Crippen LogP contribution is -2.41. The SMILES string of the molecule is NC(=NC1CCCCC1)NC1CCCCC1.Nc1ncnc2c1ncn2[C@@H]1O[C@@H](CO)[C@@H]2OP(=O)(O)O[C@@H]21. The third-order valence-electron chi connectivity index (χ3n) is 7.49. The highest BCUT2D eigenvalue weighted by atomic mass is 31.2. The number of hydrogen-bond acceptors (Lipinski definition) is 10. The summed E-state index contributed by atoms with van der Waals surface area (Å²) in [6.45, 7) is -0.384. The van der Waals surface area contributed by atoms with Crippen LogP contribution >= 0.6 is 7.82 Å². The number of aliphatic imine (C=N–C) groups is 1. The highest BCUT2D eigenvalue weighted by molar-refractivity contribution is 7.47. The molecule has 7 N–H and O–H groups in total. The molecule has 0 radical (unpaired) electrons. The van der Waals surface area contributed by atoms with E-state index in [4.69, 9.17) is 25.3 Å². The molecule has 0 spiro atoms. The van der Waals surface area contributed by atoms with Gasteiger partial charge in [-0.25, -0.2) is 19.5 Å². The summed E-state index contributed by atoms with van der Waals surface area (Å²) in [7, 11) is -4.16. The van der Waals surface area contributed by atoms with Gasteiger partial charge >= 0.3 is 7.82 Å². The van der Waals surface area contributed by atoms with E-state index in [-0.39, 0.29) is 12.4 Å². The normalized spacial score (nSPS) is 32.6. The molecule has 4 aliphatic rings. The molecule has 2 saturated heterocycles. The van der Waals surface area contributed by atoms with E-state index in [0.717, 1.165) is 0 Å². The summed E-state index contributed by atoms with van der Waals surface area (Å²) in [6, 6.07) is 1.07. The molecule has 2 aliphatic heterocycles. The molecule has 2 aromatic heterocycles. The second kappa shape index (κ2) is 11.8. The molecule has 2 aromatic rings. The van der Waals surface area contributed by atoms with Crippen molar-refractivity contribution >= 4 is 30.8 Å². The van der Waals surface area contributed by atoms with Gasteiger partial charge in [-0.15, -0.1) is 0 Å². The van der Waals surface area contributed by atoms with Crippen LogP contribution in [0.2, 0.25) is 0 Å². The van der Waals surface area contributed by atoms with Crippen molar-refractivity contribution in [3.63, 3.8) is 0 Å². The number of nitrogens with one attached hydrogen (secondary N) is 1. The average molecular weight is 553 g/mol. The second-order valence-corrected chi connectivity index (χ2v) is 11.6. The maximum atomic E-state index is 11.6. The predicted octanol–water partition coefficient (Wildman–Crippen LogP) is 1.74. The number of aromatic nitrogens is 4. The number of phosphoric acid groups is 1. The van der Waals surface area contributed by atoms with Gasteiger partial charge in [0.2, 0.25) is 0 Å². The second-order valence-electron chi connectivity index (χ2n) is 10.2. The Labute approximate surface area is 220 Å². The Morgan fingerprint density at radius 2 is 1.76 bits per heavy atom. The van der Waals surface area contributed by atoms with E-state index in [2.05, 4.69) is 25.3 Å². The zero-order valence-corrected chi connectivity index (χ0v) is 22.2. The molecule has 4 fully saturated rings. The van der Waals surface area contributed by atoms with Crippen molar-refractivity contribution in [3.8, 4) is 0 Å². The summed E-state index contributed by atoms with van der Waals surface area (Å²) in [6.07, 6.45) is 12.4. The first-order valence-corrected chi connectivity index (χ1v) is 14.8. The molecule has 2 saturated carbocycles. The van der Waals surface area contributed by atoms with Crippen molar-refractivity contribution in [2.45, 2.75) is 101 Å². The van der Waals surface area contributed by atoms with Gasteiger partial charge in [-0.2, -0.15) is 0 Å². The van der Waals surface area contributed by atoms with Gasteiger partial charge in [-0.05, 0) is 25.7 Å². The molecule has 4 heterocycles. The number of nitrogens with zero attached hydrogens (tertiary/aromatic N) is 5. The number of nitrogen functional groups attached to an aromatic ring is 1. The largest absolute Gasteiger partial charge is 0.473 e. The number of phosphoric ester groups is 1. The van der Waals surface area contributed by atoms with Crippen molar-refractivity contribution < 1.29 is 28.3 Å². The van der Waals surface area contributed by atoms with Gasteiger partial charge in [0.15, 0.2) is 23.7 Å². The number of imidazole rings is 1. The van der Waals surface area contributed by atoms with Crippen LogP contribution in [0, 0.1) is 0 Å². The molecular formula is C23H37N8O6P. The molecule has 2 aliphatic carbocycles. The molecule has 0 bridgehead atoms. The molecule has 0 aromatic carbocycles. The summed E-state index contributed by atoms with van der Waals surface area (Å²) in [5.41, 5.74) is 12.5. The van der Waals surface area contributed by atoms with Gasteiger partial charge in [0.1, 0.15) is 30.2 Å². The molecule has 0 amide bonds. The van der Waals surface area contributed by atoms with E-state index >= 15 is 0 Å². The van der Waals surface area contributed by atoms with Gasteiger partial charge < -0.3 is 31.5 Å². The number of fused-ring (bicyclic) bond motifs is 2. The van der Waals surface area contributed by atoms with Crippen LogP contribution in [-0.2, 0) is 18.3 Å². The fraction of sp³-hybridized carbons (Fsp3) is 0.739. The van der Waals surface area contributed by atoms with Gasteiger partial charge in [-0.1, -0.05) is 38.5 Å². The standard InChI is InChI=1S/C13H25N3.C10H12N5O6P/c14-13(15-11-7-3-1-4-8-11)16-12-9-5-2-6-10-12;11-8-5-9(13-2-12-8)15(3-14-5)10-7-6(4(1-16)19-10)20-22(17,18)21-7/h11-12H,1-10H2,(H3,14,15,16);2-4,6-7,10,16H,1H2,(H,17,18)(H2,11,12,13)/t;4-,6-,7-,10+/m.0/s1. The predicted molar refractivity (Wildman–Crippen MR) is 139 cm³/mol. The minimum absolute atomic E-state index is 0.202. The number of hydrogen-bond donors (Lipinski definition) is 5. The van der Waals surface area contributed by atoms with Crippen molar-refractivity contribution in [1.29, 1.82) is 0 Å². The first-order valence-electron chi connectivity index (χ1n) is 13.3. The summed E-state index contributed by atoms with van der Waals surface area (Å²) >= 11 is 0. The lowest BCUT2D eigenvalue weighted by atomic mass is 9.95. The number of aliphatic hydroxyl groups is 1. The Bertz CT molecular complexity index is 1170. The third-order valence-corrected chi connectivity index (χ3v) is 8.51. The summed E-state index contributed by atoms with van der Waals surface area (Å²) in [5, 5.41) is 12.7. The number of aliphatic hydroxyl groups excluding tert-OH is 1. The van der Waals surface area contributed by atoms with E-state index in [1.807, 2.05) is 0 Å². The van der Waals surface area contributed by atoms with E-state index in [1.54, 1.807) is 0 Å². The number of rotatable bonds is 4. The van der Waals surface area contributed by atoms with Gasteiger partial charge in [0, 0.05) is 6.04 Å². The maximum Gasteiger partial charge on any atom is 0.473 e. The number of ether oxygens (including phenoxy) is 1. The fourth-order valence-electron chi connectivity index (χ4n) is 5.61. The van der Waals surface area contributed by atoms with E-state index < -0.39 is 32.4 Å². The smallest absolute Gasteiger partial charge is 0.394 e. The summed E-state index contributed by atoms with van der Waals surface area (Å²) in [4.78, 5) is 26.1. The van der Waals surface area contributed by atoms with E-state index in [9.17, 15) is 14.6 Å².